The molecule has 1 aromatic carbocycles. The van der Waals surface area contributed by atoms with Crippen molar-refractivity contribution >= 4 is 29.2 Å². The number of carboxylic acid groups (broad SMARTS) is 1. The quantitative estimate of drug-likeness (QED) is 0.826. The molecule has 2 rings (SSSR count). The first-order valence-corrected chi connectivity index (χ1v) is 4.76. The summed E-state index contributed by atoms with van der Waals surface area (Å²) in [7, 11) is 0. The average Bonchev–Trinajstić information content (AvgIpc) is 2.43. The Morgan fingerprint density at radius 3 is 2.93 bits per heavy atom. The van der Waals surface area contributed by atoms with Crippen molar-refractivity contribution in [3.8, 4) is 0 Å². The molecule has 1 aliphatic heterocycles. The van der Waals surface area contributed by atoms with Gasteiger partial charge in [0.25, 0.3) is 0 Å². The van der Waals surface area contributed by atoms with Crippen molar-refractivity contribution in [3.63, 3.8) is 0 Å². The Kier molecular flexibility index (Phi) is 2.36. The monoisotopic (exact) mass is 225 g/mol. The predicted octanol–water partition coefficient (Wildman–Crippen LogP) is 1.31. The Bertz CT molecular complexity index is 444. The van der Waals surface area contributed by atoms with Crippen molar-refractivity contribution in [3.05, 3.63) is 28.8 Å². The maximum Gasteiger partial charge on any atom is 0.323 e. The first-order valence-electron chi connectivity index (χ1n) is 4.38. The van der Waals surface area contributed by atoms with Gasteiger partial charge in [-0.2, -0.15) is 0 Å². The molecule has 4 nitrogen and oxygen atoms in total. The van der Waals surface area contributed by atoms with Gasteiger partial charge in [0.2, 0.25) is 5.91 Å². The number of nitrogens with zero attached hydrogens (tertiary/aromatic N) is 1. The molecule has 1 aromatic rings. The Balaban J connectivity index is 2.39. The van der Waals surface area contributed by atoms with Crippen LogP contribution in [0, 0.1) is 0 Å². The number of benzene rings is 1. The van der Waals surface area contributed by atoms with E-state index in [1.807, 2.05) is 0 Å². The fourth-order valence-corrected chi connectivity index (χ4v) is 1.81. The van der Waals surface area contributed by atoms with Gasteiger partial charge < -0.3 is 10.0 Å². The van der Waals surface area contributed by atoms with Crippen molar-refractivity contribution in [2.75, 3.05) is 11.4 Å². The van der Waals surface area contributed by atoms with E-state index in [9.17, 15) is 9.59 Å². The number of carbonyl (C=O) groups excluding carboxylic acids is 1. The van der Waals surface area contributed by atoms with Crippen molar-refractivity contribution in [2.45, 2.75) is 6.42 Å². The number of carbonyl (C=O) groups is 2. The molecule has 0 aliphatic carbocycles. The Morgan fingerprint density at radius 1 is 1.53 bits per heavy atom. The van der Waals surface area contributed by atoms with Crippen LogP contribution in [0.5, 0.6) is 0 Å². The summed E-state index contributed by atoms with van der Waals surface area (Å²) in [5.74, 6) is -1.23. The van der Waals surface area contributed by atoms with Gasteiger partial charge in [0.15, 0.2) is 0 Å². The average molecular weight is 226 g/mol. The highest BCUT2D eigenvalue weighted by molar-refractivity contribution is 6.31. The number of hydrogen-bond acceptors (Lipinski definition) is 2. The lowest BCUT2D eigenvalue weighted by atomic mass is 10.2. The molecule has 15 heavy (non-hydrogen) atoms. The summed E-state index contributed by atoms with van der Waals surface area (Å²) in [4.78, 5) is 23.3. The Morgan fingerprint density at radius 2 is 2.27 bits per heavy atom. The van der Waals surface area contributed by atoms with E-state index >= 15 is 0 Å². The summed E-state index contributed by atoms with van der Waals surface area (Å²) in [6, 6.07) is 5.06. The molecule has 0 saturated heterocycles. The molecule has 78 valence electrons. The number of anilines is 1. The molecule has 0 unspecified atom stereocenters. The van der Waals surface area contributed by atoms with Crippen LogP contribution in [-0.4, -0.2) is 23.5 Å². The van der Waals surface area contributed by atoms with Gasteiger partial charge in [-0.1, -0.05) is 17.7 Å². The van der Waals surface area contributed by atoms with Crippen LogP contribution in [0.2, 0.25) is 5.02 Å². The van der Waals surface area contributed by atoms with Crippen molar-refractivity contribution in [1.29, 1.82) is 0 Å². The molecule has 1 aliphatic rings. The second-order valence-corrected chi connectivity index (χ2v) is 3.76. The van der Waals surface area contributed by atoms with E-state index in [2.05, 4.69) is 0 Å². The van der Waals surface area contributed by atoms with Gasteiger partial charge in [-0.25, -0.2) is 0 Å². The van der Waals surface area contributed by atoms with Gasteiger partial charge in [-0.15, -0.1) is 0 Å². The second-order valence-electron chi connectivity index (χ2n) is 3.32. The smallest absolute Gasteiger partial charge is 0.323 e. The Hall–Kier alpha value is -1.55. The maximum atomic E-state index is 11.5. The summed E-state index contributed by atoms with van der Waals surface area (Å²) >= 11 is 5.79. The fraction of sp³-hybridized carbons (Fsp3) is 0.200. The zero-order valence-electron chi connectivity index (χ0n) is 7.74. The topological polar surface area (TPSA) is 57.6 Å². The molecule has 0 radical (unpaired) electrons. The molecule has 1 heterocycles. The minimum atomic E-state index is -1.03. The number of halogens is 1. The highest BCUT2D eigenvalue weighted by Gasteiger charge is 2.28. The number of aliphatic carboxylic acids is 1. The van der Waals surface area contributed by atoms with Crippen LogP contribution in [0.3, 0.4) is 0 Å². The summed E-state index contributed by atoms with van der Waals surface area (Å²) in [5.41, 5.74) is 1.43. The fourth-order valence-electron chi connectivity index (χ4n) is 1.64. The van der Waals surface area contributed by atoms with Gasteiger partial charge in [-0.3, -0.25) is 9.59 Å². The van der Waals surface area contributed by atoms with Crippen LogP contribution in [-0.2, 0) is 16.0 Å². The minimum absolute atomic E-state index is 0.199. The molecule has 0 aromatic heterocycles. The summed E-state index contributed by atoms with van der Waals surface area (Å²) < 4.78 is 0. The lowest BCUT2D eigenvalue weighted by Crippen LogP contribution is -2.32. The zero-order valence-corrected chi connectivity index (χ0v) is 8.49. The van der Waals surface area contributed by atoms with E-state index in [1.54, 1.807) is 18.2 Å². The number of carboxylic acids is 1. The number of rotatable bonds is 2. The van der Waals surface area contributed by atoms with E-state index < -0.39 is 5.97 Å². The lowest BCUT2D eigenvalue weighted by molar-refractivity contribution is -0.136. The van der Waals surface area contributed by atoms with Crippen LogP contribution >= 0.6 is 11.6 Å². The SMILES string of the molecule is O=C(O)CN1C(=O)Cc2ccc(Cl)cc21. The first kappa shape index (κ1) is 9.98. The molecule has 0 fully saturated rings. The van der Waals surface area contributed by atoms with Gasteiger partial charge in [0, 0.05) is 10.7 Å². The minimum Gasteiger partial charge on any atom is -0.480 e. The molecule has 0 atom stereocenters. The summed E-state index contributed by atoms with van der Waals surface area (Å²) in [5, 5.41) is 9.16. The molecule has 5 heteroatoms. The third kappa shape index (κ3) is 1.80. The van der Waals surface area contributed by atoms with Crippen LogP contribution in [0.4, 0.5) is 5.69 Å². The van der Waals surface area contributed by atoms with Crippen molar-refractivity contribution in [1.82, 2.24) is 0 Å². The van der Waals surface area contributed by atoms with Gasteiger partial charge >= 0.3 is 5.97 Å². The standard InChI is InChI=1S/C10H8ClNO3/c11-7-2-1-6-3-9(13)12(5-10(14)15)8(6)4-7/h1-2,4H,3,5H2,(H,14,15). The highest BCUT2D eigenvalue weighted by Crippen LogP contribution is 2.31. The molecular formula is C10H8ClNO3. The van der Waals surface area contributed by atoms with Crippen molar-refractivity contribution in [2.24, 2.45) is 0 Å². The second kappa shape index (κ2) is 3.55. The largest absolute Gasteiger partial charge is 0.480 e. The number of hydrogen-bond donors (Lipinski definition) is 1. The number of amides is 1. The molecular weight excluding hydrogens is 218 g/mol. The maximum absolute atomic E-state index is 11.5. The van der Waals surface area contributed by atoms with Crippen molar-refractivity contribution < 1.29 is 14.7 Å². The van der Waals surface area contributed by atoms with Crippen LogP contribution in [0.1, 0.15) is 5.56 Å². The third-order valence-corrected chi connectivity index (χ3v) is 2.51. The van der Waals surface area contributed by atoms with Gasteiger partial charge in [-0.05, 0) is 17.7 Å². The molecule has 1 N–H and O–H groups in total. The van der Waals surface area contributed by atoms with Crippen LogP contribution < -0.4 is 4.90 Å². The van der Waals surface area contributed by atoms with E-state index in [4.69, 9.17) is 16.7 Å². The Labute approximate surface area is 91.1 Å². The third-order valence-electron chi connectivity index (χ3n) is 2.27. The zero-order chi connectivity index (χ0) is 11.0. The molecule has 0 bridgehead atoms. The summed E-state index contributed by atoms with van der Waals surface area (Å²) in [6.07, 6.45) is 0.250. The van der Waals surface area contributed by atoms with E-state index in [0.29, 0.717) is 10.7 Å². The number of fused-ring (bicyclic) bond motifs is 1. The van der Waals surface area contributed by atoms with Crippen LogP contribution in [0.25, 0.3) is 0 Å². The van der Waals surface area contributed by atoms with Gasteiger partial charge in [0.05, 0.1) is 6.42 Å². The normalized spacial score (nSPS) is 14.2. The predicted molar refractivity (Wildman–Crippen MR) is 55.1 cm³/mol. The van der Waals surface area contributed by atoms with E-state index in [1.165, 1.54) is 4.90 Å². The lowest BCUT2D eigenvalue weighted by Gasteiger charge is -2.14. The molecule has 1 amide bonds. The highest BCUT2D eigenvalue weighted by atomic mass is 35.5. The van der Waals surface area contributed by atoms with E-state index in [0.717, 1.165) is 5.56 Å². The summed E-state index contributed by atoms with van der Waals surface area (Å²) in [6.45, 7) is -0.313. The van der Waals surface area contributed by atoms with E-state index in [-0.39, 0.29) is 18.9 Å². The first-order chi connectivity index (χ1) is 7.08. The van der Waals surface area contributed by atoms with Crippen LogP contribution in [0.15, 0.2) is 18.2 Å². The molecule has 0 saturated carbocycles. The van der Waals surface area contributed by atoms with Gasteiger partial charge in [0.1, 0.15) is 6.54 Å². The molecule has 0 spiro atoms.